The molecule has 0 spiro atoms. The second-order valence-electron chi connectivity index (χ2n) is 5.17. The van der Waals surface area contributed by atoms with E-state index in [0.717, 1.165) is 24.0 Å². The molecule has 0 fully saturated rings. The van der Waals surface area contributed by atoms with Gasteiger partial charge in [0.25, 0.3) is 0 Å². The first-order valence-electron chi connectivity index (χ1n) is 7.51. The highest BCUT2D eigenvalue weighted by Crippen LogP contribution is 2.37. The zero-order valence-electron chi connectivity index (χ0n) is 12.8. The third-order valence-electron chi connectivity index (χ3n) is 3.86. The first-order valence-corrected chi connectivity index (χ1v) is 9.21. The van der Waals surface area contributed by atoms with Crippen LogP contribution in [0.15, 0.2) is 41.8 Å². The minimum absolute atomic E-state index is 0.793. The van der Waals surface area contributed by atoms with E-state index in [4.69, 9.17) is 0 Å². The lowest BCUT2D eigenvalue weighted by atomic mass is 9.93. The van der Waals surface area contributed by atoms with Gasteiger partial charge in [0.1, 0.15) is 0 Å². The predicted octanol–water partition coefficient (Wildman–Crippen LogP) is 6.08. The van der Waals surface area contributed by atoms with Crippen molar-refractivity contribution in [3.05, 3.63) is 57.8 Å². The Hall–Kier alpha value is -1.71. The molecule has 0 saturated carbocycles. The van der Waals surface area contributed by atoms with E-state index in [9.17, 15) is 4.79 Å². The summed E-state index contributed by atoms with van der Waals surface area (Å²) in [5.41, 5.74) is 5.35. The molecule has 3 rings (SSSR count). The van der Waals surface area contributed by atoms with E-state index in [1.54, 1.807) is 22.7 Å². The van der Waals surface area contributed by atoms with Crippen LogP contribution in [0.25, 0.3) is 20.9 Å². The molecule has 0 aliphatic heterocycles. The van der Waals surface area contributed by atoms with E-state index in [1.807, 2.05) is 6.07 Å². The molecule has 2 heterocycles. The monoisotopic (exact) mass is 326 g/mol. The number of benzene rings is 1. The van der Waals surface area contributed by atoms with E-state index >= 15 is 0 Å². The fourth-order valence-corrected chi connectivity index (χ4v) is 4.43. The van der Waals surface area contributed by atoms with Crippen LogP contribution in [0.5, 0.6) is 0 Å². The Bertz CT molecular complexity index is 757. The van der Waals surface area contributed by atoms with Crippen molar-refractivity contribution >= 4 is 29.0 Å². The van der Waals surface area contributed by atoms with Gasteiger partial charge in [0.15, 0.2) is 6.29 Å². The molecule has 0 radical (unpaired) electrons. The number of carbonyl (C=O) groups excluding carboxylic acids is 1. The van der Waals surface area contributed by atoms with E-state index in [0.29, 0.717) is 0 Å². The van der Waals surface area contributed by atoms with E-state index in [-0.39, 0.29) is 0 Å². The molecular weight excluding hydrogens is 308 g/mol. The Morgan fingerprint density at radius 3 is 2.23 bits per heavy atom. The van der Waals surface area contributed by atoms with Crippen LogP contribution in [-0.2, 0) is 12.8 Å². The average Bonchev–Trinajstić information content (AvgIpc) is 3.24. The summed E-state index contributed by atoms with van der Waals surface area (Å²) in [6.45, 7) is 4.40. The van der Waals surface area contributed by atoms with Crippen LogP contribution >= 0.6 is 22.7 Å². The van der Waals surface area contributed by atoms with Gasteiger partial charge in [0, 0.05) is 9.75 Å². The fraction of sp³-hybridized carbons (Fsp3) is 0.211. The van der Waals surface area contributed by atoms with Crippen LogP contribution in [0.1, 0.15) is 34.6 Å². The number of hydrogen-bond acceptors (Lipinski definition) is 3. The topological polar surface area (TPSA) is 17.1 Å². The van der Waals surface area contributed by atoms with Crippen LogP contribution in [0.2, 0.25) is 0 Å². The molecule has 1 nitrogen and oxygen atoms in total. The quantitative estimate of drug-likeness (QED) is 0.519. The maximum absolute atomic E-state index is 11.0. The minimum atomic E-state index is 0.793. The molecule has 0 aliphatic carbocycles. The predicted molar refractivity (Wildman–Crippen MR) is 97.2 cm³/mol. The molecule has 0 N–H and O–H groups in total. The molecule has 1 aromatic carbocycles. The van der Waals surface area contributed by atoms with Gasteiger partial charge >= 0.3 is 0 Å². The summed E-state index contributed by atoms with van der Waals surface area (Å²) < 4.78 is 0. The fourth-order valence-electron chi connectivity index (χ4n) is 2.78. The lowest BCUT2D eigenvalue weighted by Gasteiger charge is -2.14. The Kier molecular flexibility index (Phi) is 4.55. The van der Waals surface area contributed by atoms with Gasteiger partial charge in [-0.3, -0.25) is 4.79 Å². The van der Waals surface area contributed by atoms with E-state index in [2.05, 4.69) is 49.6 Å². The van der Waals surface area contributed by atoms with Crippen molar-refractivity contribution in [3.63, 3.8) is 0 Å². The lowest BCUT2D eigenvalue weighted by molar-refractivity contribution is 0.112. The zero-order valence-corrected chi connectivity index (χ0v) is 14.4. The third-order valence-corrected chi connectivity index (χ3v) is 5.81. The molecule has 22 heavy (non-hydrogen) atoms. The number of rotatable bonds is 5. The summed E-state index contributed by atoms with van der Waals surface area (Å²) in [6.07, 6.45) is 2.93. The number of aldehydes is 1. The Morgan fingerprint density at radius 1 is 1.00 bits per heavy atom. The van der Waals surface area contributed by atoms with Crippen LogP contribution in [-0.4, -0.2) is 6.29 Å². The van der Waals surface area contributed by atoms with Gasteiger partial charge < -0.3 is 0 Å². The van der Waals surface area contributed by atoms with Crippen LogP contribution in [0.4, 0.5) is 0 Å². The van der Waals surface area contributed by atoms with E-state index in [1.165, 1.54) is 32.0 Å². The molecular formula is C19H18OS2. The van der Waals surface area contributed by atoms with Gasteiger partial charge in [-0.1, -0.05) is 19.9 Å². The second kappa shape index (κ2) is 6.59. The van der Waals surface area contributed by atoms with Gasteiger partial charge in [-0.2, -0.15) is 0 Å². The normalized spacial score (nSPS) is 10.8. The number of carbonyl (C=O) groups is 1. The second-order valence-corrected chi connectivity index (χ2v) is 7.24. The van der Waals surface area contributed by atoms with Gasteiger partial charge in [0.05, 0.1) is 4.88 Å². The summed E-state index contributed by atoms with van der Waals surface area (Å²) in [4.78, 5) is 14.3. The summed E-state index contributed by atoms with van der Waals surface area (Å²) in [6, 6.07) is 12.9. The van der Waals surface area contributed by atoms with Gasteiger partial charge in [-0.25, -0.2) is 0 Å². The maximum Gasteiger partial charge on any atom is 0.160 e. The van der Waals surface area contributed by atoms with Crippen molar-refractivity contribution in [1.82, 2.24) is 0 Å². The van der Waals surface area contributed by atoms with Crippen molar-refractivity contribution in [1.29, 1.82) is 0 Å². The van der Waals surface area contributed by atoms with Gasteiger partial charge in [-0.05, 0) is 70.8 Å². The molecule has 0 unspecified atom stereocenters. The molecule has 3 aromatic rings. The highest BCUT2D eigenvalue weighted by atomic mass is 32.1. The molecule has 0 amide bonds. The Balaban J connectivity index is 2.18. The largest absolute Gasteiger partial charge is 0.297 e. The highest BCUT2D eigenvalue weighted by Gasteiger charge is 2.14. The van der Waals surface area contributed by atoms with Crippen molar-refractivity contribution < 1.29 is 4.79 Å². The molecule has 3 heteroatoms. The number of hydrogen-bond donors (Lipinski definition) is 0. The van der Waals surface area contributed by atoms with E-state index < -0.39 is 0 Å². The standard InChI is InChI=1S/C19H18OS2/c1-3-13-10-15(17-6-5-9-21-17)11-14(4-2)19(13)18-8-7-16(12-20)22-18/h5-12H,3-4H2,1-2H3. The summed E-state index contributed by atoms with van der Waals surface area (Å²) in [5.74, 6) is 0. The smallest absolute Gasteiger partial charge is 0.160 e. The van der Waals surface area contributed by atoms with Crippen LogP contribution < -0.4 is 0 Å². The Labute approximate surface area is 139 Å². The SMILES string of the molecule is CCc1cc(-c2cccs2)cc(CC)c1-c1ccc(C=O)s1. The first kappa shape index (κ1) is 15.2. The molecule has 0 aliphatic rings. The minimum Gasteiger partial charge on any atom is -0.297 e. The molecule has 0 atom stereocenters. The molecule has 0 bridgehead atoms. The third kappa shape index (κ3) is 2.79. The molecule has 112 valence electrons. The zero-order chi connectivity index (χ0) is 15.5. The number of aryl methyl sites for hydroxylation is 2. The van der Waals surface area contributed by atoms with Crippen LogP contribution in [0.3, 0.4) is 0 Å². The van der Waals surface area contributed by atoms with Gasteiger partial charge in [-0.15, -0.1) is 22.7 Å². The number of thiophene rings is 2. The van der Waals surface area contributed by atoms with Crippen molar-refractivity contribution in [2.75, 3.05) is 0 Å². The maximum atomic E-state index is 11.0. The van der Waals surface area contributed by atoms with Crippen molar-refractivity contribution in [2.24, 2.45) is 0 Å². The lowest BCUT2D eigenvalue weighted by Crippen LogP contribution is -1.94. The summed E-state index contributed by atoms with van der Waals surface area (Å²) >= 11 is 3.36. The summed E-state index contributed by atoms with van der Waals surface area (Å²) in [7, 11) is 0. The van der Waals surface area contributed by atoms with Crippen molar-refractivity contribution in [2.45, 2.75) is 26.7 Å². The van der Waals surface area contributed by atoms with Crippen molar-refractivity contribution in [3.8, 4) is 20.9 Å². The average molecular weight is 326 g/mol. The molecule has 2 aromatic heterocycles. The highest BCUT2D eigenvalue weighted by molar-refractivity contribution is 7.17. The molecule has 0 saturated heterocycles. The van der Waals surface area contributed by atoms with Gasteiger partial charge in [0.2, 0.25) is 0 Å². The first-order chi connectivity index (χ1) is 10.8. The van der Waals surface area contributed by atoms with Crippen LogP contribution in [0, 0.1) is 0 Å². The summed E-state index contributed by atoms with van der Waals surface area (Å²) in [5, 5.41) is 2.12. The Morgan fingerprint density at radius 2 is 1.73 bits per heavy atom.